The zero-order valence-electron chi connectivity index (χ0n) is 27.8. The van der Waals surface area contributed by atoms with Crippen LogP contribution in [0.25, 0.3) is 0 Å². The molecule has 0 saturated heterocycles. The summed E-state index contributed by atoms with van der Waals surface area (Å²) in [5.41, 5.74) is 0. The molecule has 244 valence electrons. The second kappa shape index (κ2) is 33.6. The Kier molecular flexibility index (Phi) is 32.9. The van der Waals surface area contributed by atoms with E-state index >= 15 is 0 Å². The number of hydrogen-bond acceptors (Lipinski definition) is 3. The number of aliphatic hydroxyl groups excluding tert-OH is 2. The fourth-order valence-corrected chi connectivity index (χ4v) is 5.65. The number of amides is 1. The third-order valence-electron chi connectivity index (χ3n) is 8.53. The van der Waals surface area contributed by atoms with Crippen LogP contribution in [-0.4, -0.2) is 34.9 Å². The molecule has 0 rings (SSSR count). The SMILES string of the molecule is CCCCCCCCC/C=C\CCCCCCCC(=O)NC(CO)C(O)CCCCCCCCCCCCCCC. The van der Waals surface area contributed by atoms with Crippen LogP contribution in [0.15, 0.2) is 12.2 Å². The van der Waals surface area contributed by atoms with E-state index in [0.29, 0.717) is 12.8 Å². The summed E-state index contributed by atoms with van der Waals surface area (Å²) in [4.78, 5) is 12.3. The van der Waals surface area contributed by atoms with E-state index in [1.807, 2.05) is 0 Å². The lowest BCUT2D eigenvalue weighted by Crippen LogP contribution is -2.45. The molecule has 0 spiro atoms. The highest BCUT2D eigenvalue weighted by molar-refractivity contribution is 5.76. The van der Waals surface area contributed by atoms with Crippen LogP contribution in [0.2, 0.25) is 0 Å². The number of unbranched alkanes of at least 4 members (excludes halogenated alkanes) is 24. The maximum absolute atomic E-state index is 12.3. The van der Waals surface area contributed by atoms with E-state index in [2.05, 4.69) is 31.3 Å². The fraction of sp³-hybridized carbons (Fsp3) is 0.919. The maximum atomic E-state index is 12.3. The smallest absolute Gasteiger partial charge is 0.220 e. The second-order valence-electron chi connectivity index (χ2n) is 12.6. The summed E-state index contributed by atoms with van der Waals surface area (Å²) < 4.78 is 0. The topological polar surface area (TPSA) is 69.6 Å². The van der Waals surface area contributed by atoms with Crippen LogP contribution < -0.4 is 5.32 Å². The van der Waals surface area contributed by atoms with Gasteiger partial charge in [0.05, 0.1) is 18.8 Å². The van der Waals surface area contributed by atoms with Gasteiger partial charge in [-0.15, -0.1) is 0 Å². The molecule has 0 aliphatic carbocycles. The highest BCUT2D eigenvalue weighted by atomic mass is 16.3. The molecular weight excluding hydrogens is 506 g/mol. The normalized spacial score (nSPS) is 13.2. The first-order valence-corrected chi connectivity index (χ1v) is 18.4. The van der Waals surface area contributed by atoms with Crippen molar-refractivity contribution in [1.82, 2.24) is 5.32 Å². The van der Waals surface area contributed by atoms with Crippen LogP contribution >= 0.6 is 0 Å². The van der Waals surface area contributed by atoms with Crippen molar-refractivity contribution in [2.75, 3.05) is 6.61 Å². The van der Waals surface area contributed by atoms with Crippen molar-refractivity contribution in [2.45, 2.75) is 212 Å². The molecular formula is C37H73NO3. The zero-order chi connectivity index (χ0) is 30.1. The van der Waals surface area contributed by atoms with E-state index < -0.39 is 12.1 Å². The molecule has 3 N–H and O–H groups in total. The molecule has 0 bridgehead atoms. The van der Waals surface area contributed by atoms with Crippen LogP contribution in [0.3, 0.4) is 0 Å². The summed E-state index contributed by atoms with van der Waals surface area (Å²) in [5, 5.41) is 23.0. The predicted molar refractivity (Wildman–Crippen MR) is 179 cm³/mol. The van der Waals surface area contributed by atoms with Gasteiger partial charge in [0.1, 0.15) is 0 Å². The summed E-state index contributed by atoms with van der Waals surface area (Å²) in [6.07, 6.45) is 39.7. The highest BCUT2D eigenvalue weighted by Gasteiger charge is 2.19. The van der Waals surface area contributed by atoms with E-state index in [1.165, 1.54) is 148 Å². The van der Waals surface area contributed by atoms with Crippen molar-refractivity contribution in [1.29, 1.82) is 0 Å². The Morgan fingerprint density at radius 1 is 0.561 bits per heavy atom. The standard InChI is InChI=1S/C37H73NO3/c1-3-5-7-9-11-13-15-17-18-19-21-23-25-27-29-31-33-37(41)38-35(34-39)36(40)32-30-28-26-24-22-20-16-14-12-10-8-6-4-2/h18-19,35-36,39-40H,3-17,20-34H2,1-2H3,(H,38,41)/b19-18-. The van der Waals surface area contributed by atoms with Crippen LogP contribution in [0.5, 0.6) is 0 Å². The Morgan fingerprint density at radius 3 is 1.34 bits per heavy atom. The molecule has 0 radical (unpaired) electrons. The average molecular weight is 580 g/mol. The molecule has 4 heteroatoms. The fourth-order valence-electron chi connectivity index (χ4n) is 5.65. The van der Waals surface area contributed by atoms with Crippen LogP contribution in [-0.2, 0) is 4.79 Å². The zero-order valence-corrected chi connectivity index (χ0v) is 27.8. The van der Waals surface area contributed by atoms with E-state index in [0.717, 1.165) is 25.7 Å². The summed E-state index contributed by atoms with van der Waals surface area (Å²) >= 11 is 0. The molecule has 0 aromatic heterocycles. The molecule has 2 atom stereocenters. The first-order valence-electron chi connectivity index (χ1n) is 18.4. The van der Waals surface area contributed by atoms with Crippen molar-refractivity contribution in [3.63, 3.8) is 0 Å². The lowest BCUT2D eigenvalue weighted by molar-refractivity contribution is -0.123. The number of hydrogen-bond donors (Lipinski definition) is 3. The van der Waals surface area contributed by atoms with Crippen LogP contribution in [0.4, 0.5) is 0 Å². The molecule has 0 fully saturated rings. The lowest BCUT2D eigenvalue weighted by Gasteiger charge is -2.22. The molecule has 0 aliphatic rings. The minimum absolute atomic E-state index is 0.0400. The largest absolute Gasteiger partial charge is 0.394 e. The lowest BCUT2D eigenvalue weighted by atomic mass is 10.0. The van der Waals surface area contributed by atoms with Gasteiger partial charge in [-0.1, -0.05) is 167 Å². The Labute approximate surface area is 256 Å². The third kappa shape index (κ3) is 30.4. The van der Waals surface area contributed by atoms with E-state index in [4.69, 9.17) is 0 Å². The predicted octanol–water partition coefficient (Wildman–Crippen LogP) is 10.7. The third-order valence-corrected chi connectivity index (χ3v) is 8.53. The van der Waals surface area contributed by atoms with Gasteiger partial charge >= 0.3 is 0 Å². The first kappa shape index (κ1) is 40.1. The summed E-state index contributed by atoms with van der Waals surface area (Å²) in [7, 11) is 0. The number of aliphatic hydroxyl groups is 2. The molecule has 41 heavy (non-hydrogen) atoms. The van der Waals surface area contributed by atoms with Gasteiger partial charge in [-0.05, 0) is 38.5 Å². The van der Waals surface area contributed by atoms with Crippen LogP contribution in [0, 0.1) is 0 Å². The van der Waals surface area contributed by atoms with Gasteiger partial charge in [-0.25, -0.2) is 0 Å². The maximum Gasteiger partial charge on any atom is 0.220 e. The molecule has 1 amide bonds. The number of rotatable bonds is 33. The minimum Gasteiger partial charge on any atom is -0.394 e. The Morgan fingerprint density at radius 2 is 0.927 bits per heavy atom. The van der Waals surface area contributed by atoms with Crippen LogP contribution in [0.1, 0.15) is 200 Å². The van der Waals surface area contributed by atoms with Gasteiger partial charge in [-0.2, -0.15) is 0 Å². The van der Waals surface area contributed by atoms with Crippen molar-refractivity contribution in [3.8, 4) is 0 Å². The number of carbonyl (C=O) groups is 1. The van der Waals surface area contributed by atoms with Crippen molar-refractivity contribution >= 4 is 5.91 Å². The van der Waals surface area contributed by atoms with Gasteiger partial charge in [0.2, 0.25) is 5.91 Å². The molecule has 0 heterocycles. The number of allylic oxidation sites excluding steroid dienone is 2. The number of nitrogens with one attached hydrogen (secondary N) is 1. The summed E-state index contributed by atoms with van der Waals surface area (Å²) in [5.74, 6) is -0.0400. The van der Waals surface area contributed by atoms with Crippen molar-refractivity contribution in [3.05, 3.63) is 12.2 Å². The van der Waals surface area contributed by atoms with Crippen molar-refractivity contribution in [2.24, 2.45) is 0 Å². The Balaban J connectivity index is 3.57. The Bertz CT molecular complexity index is 550. The molecule has 2 unspecified atom stereocenters. The molecule has 0 aromatic rings. The molecule has 0 aromatic carbocycles. The average Bonchev–Trinajstić information content (AvgIpc) is 2.97. The number of carbonyl (C=O) groups excluding carboxylic acids is 1. The molecule has 0 saturated carbocycles. The van der Waals surface area contributed by atoms with E-state index in [-0.39, 0.29) is 12.5 Å². The van der Waals surface area contributed by atoms with E-state index in [1.54, 1.807) is 0 Å². The van der Waals surface area contributed by atoms with Gasteiger partial charge in [-0.3, -0.25) is 4.79 Å². The van der Waals surface area contributed by atoms with Gasteiger partial charge < -0.3 is 15.5 Å². The van der Waals surface area contributed by atoms with Gasteiger partial charge in [0.25, 0.3) is 0 Å². The van der Waals surface area contributed by atoms with Gasteiger partial charge in [0.15, 0.2) is 0 Å². The monoisotopic (exact) mass is 580 g/mol. The molecule has 4 nitrogen and oxygen atoms in total. The molecule has 0 aliphatic heterocycles. The minimum atomic E-state index is -0.657. The first-order chi connectivity index (χ1) is 20.2. The summed E-state index contributed by atoms with van der Waals surface area (Å²) in [6.45, 7) is 4.34. The summed E-state index contributed by atoms with van der Waals surface area (Å²) in [6, 6.07) is -0.535. The quantitative estimate of drug-likeness (QED) is 0.0535. The highest BCUT2D eigenvalue weighted by Crippen LogP contribution is 2.15. The van der Waals surface area contributed by atoms with Gasteiger partial charge in [0, 0.05) is 6.42 Å². The van der Waals surface area contributed by atoms with E-state index in [9.17, 15) is 15.0 Å². The van der Waals surface area contributed by atoms with Crippen molar-refractivity contribution < 1.29 is 15.0 Å². The second-order valence-corrected chi connectivity index (χ2v) is 12.6. The Hall–Kier alpha value is -0.870.